The Hall–Kier alpha value is -2.41. The highest BCUT2D eigenvalue weighted by Crippen LogP contribution is 2.34. The van der Waals surface area contributed by atoms with Crippen molar-refractivity contribution in [1.82, 2.24) is 25.0 Å². The lowest BCUT2D eigenvalue weighted by molar-refractivity contribution is 0.0726. The van der Waals surface area contributed by atoms with E-state index >= 15 is 0 Å². The van der Waals surface area contributed by atoms with Crippen molar-refractivity contribution >= 4 is 11.6 Å². The van der Waals surface area contributed by atoms with E-state index in [-0.39, 0.29) is 11.9 Å². The summed E-state index contributed by atoms with van der Waals surface area (Å²) < 4.78 is 0. The Balaban J connectivity index is 1.57. The zero-order valence-corrected chi connectivity index (χ0v) is 18.0. The van der Waals surface area contributed by atoms with Gasteiger partial charge in [0.05, 0.1) is 11.7 Å². The van der Waals surface area contributed by atoms with Crippen molar-refractivity contribution in [2.45, 2.75) is 45.6 Å². The second-order valence-electron chi connectivity index (χ2n) is 8.70. The van der Waals surface area contributed by atoms with E-state index in [1.54, 1.807) is 0 Å². The van der Waals surface area contributed by atoms with Crippen LogP contribution in [-0.2, 0) is 0 Å². The predicted molar refractivity (Wildman–Crippen MR) is 114 cm³/mol. The third-order valence-corrected chi connectivity index (χ3v) is 6.12. The summed E-state index contributed by atoms with van der Waals surface area (Å²) in [7, 11) is 2.17. The topological polar surface area (TPSA) is 68.4 Å². The summed E-state index contributed by atoms with van der Waals surface area (Å²) in [5.41, 5.74) is 4.74. The number of amides is 1. The quantitative estimate of drug-likeness (QED) is 0.861. The van der Waals surface area contributed by atoms with Crippen LogP contribution in [0.3, 0.4) is 0 Å². The molecule has 2 aromatic heterocycles. The monoisotopic (exact) mass is 396 g/mol. The number of anilines is 1. The Kier molecular flexibility index (Phi) is 5.58. The Morgan fingerprint density at radius 3 is 2.59 bits per heavy atom. The molecule has 7 heteroatoms. The fourth-order valence-electron chi connectivity index (χ4n) is 4.30. The molecular formula is C22H32N6O. The van der Waals surface area contributed by atoms with Gasteiger partial charge in [0.1, 0.15) is 5.69 Å². The van der Waals surface area contributed by atoms with E-state index < -0.39 is 0 Å². The van der Waals surface area contributed by atoms with Crippen LogP contribution in [0.2, 0.25) is 0 Å². The van der Waals surface area contributed by atoms with Gasteiger partial charge in [0.2, 0.25) is 0 Å². The van der Waals surface area contributed by atoms with Crippen molar-refractivity contribution in [1.29, 1.82) is 0 Å². The first kappa shape index (κ1) is 19.9. The average Bonchev–Trinajstić information content (AvgIpc) is 3.37. The summed E-state index contributed by atoms with van der Waals surface area (Å²) in [4.78, 5) is 24.7. The van der Waals surface area contributed by atoms with Gasteiger partial charge >= 0.3 is 0 Å². The number of nitrogens with zero attached hydrogens (tertiary/aromatic N) is 5. The standard InChI is InChI=1S/C22H32N6O/c1-15(2)18-14-20(25-24-18)22(29)28-7-5-6-21(28)19-13-17(12-16(3)23-19)27-10-8-26(4)9-11-27/h12-15,21H,5-11H2,1-4H3,(H,24,25)/t21-/m0/s1. The molecule has 0 bridgehead atoms. The van der Waals surface area contributed by atoms with Crippen LogP contribution >= 0.6 is 0 Å². The number of likely N-dealkylation sites (N-methyl/N-ethyl adjacent to an activating group) is 1. The minimum atomic E-state index is 0.0000958. The summed E-state index contributed by atoms with van der Waals surface area (Å²) in [5.74, 6) is 0.322. The molecule has 0 unspecified atom stereocenters. The number of pyridine rings is 1. The van der Waals surface area contributed by atoms with Gasteiger partial charge in [-0.15, -0.1) is 0 Å². The molecule has 0 aromatic carbocycles. The number of nitrogens with one attached hydrogen (secondary N) is 1. The molecule has 0 spiro atoms. The predicted octanol–water partition coefficient (Wildman–Crippen LogP) is 2.97. The fraction of sp³-hybridized carbons (Fsp3) is 0.591. The van der Waals surface area contributed by atoms with E-state index in [2.05, 4.69) is 53.0 Å². The number of carbonyl (C=O) groups is 1. The summed E-state index contributed by atoms with van der Waals surface area (Å²) in [6.07, 6.45) is 1.95. The van der Waals surface area contributed by atoms with Crippen molar-refractivity contribution in [3.05, 3.63) is 41.0 Å². The normalized spacial score (nSPS) is 20.7. The van der Waals surface area contributed by atoms with Gasteiger partial charge < -0.3 is 14.7 Å². The molecule has 2 aliphatic heterocycles. The van der Waals surface area contributed by atoms with Crippen LogP contribution in [0.15, 0.2) is 18.2 Å². The lowest BCUT2D eigenvalue weighted by Gasteiger charge is -2.34. The van der Waals surface area contributed by atoms with Gasteiger partial charge in [0.15, 0.2) is 0 Å². The molecule has 4 rings (SSSR count). The maximum absolute atomic E-state index is 13.2. The molecule has 0 aliphatic carbocycles. The minimum Gasteiger partial charge on any atom is -0.369 e. The van der Waals surface area contributed by atoms with E-state index in [9.17, 15) is 4.79 Å². The largest absolute Gasteiger partial charge is 0.369 e. The SMILES string of the molecule is Cc1cc(N2CCN(C)CC2)cc([C@@H]2CCCN2C(=O)c2cc(C(C)C)[nH]n2)n1. The molecule has 4 heterocycles. The van der Waals surface area contributed by atoms with Crippen molar-refractivity contribution < 1.29 is 4.79 Å². The van der Waals surface area contributed by atoms with Crippen molar-refractivity contribution in [3.8, 4) is 0 Å². The molecule has 2 fully saturated rings. The number of hydrogen-bond donors (Lipinski definition) is 1. The number of rotatable bonds is 4. The van der Waals surface area contributed by atoms with E-state index in [0.717, 1.165) is 62.6 Å². The number of piperazine rings is 1. The molecular weight excluding hydrogens is 364 g/mol. The number of aromatic nitrogens is 3. The van der Waals surface area contributed by atoms with E-state index in [4.69, 9.17) is 4.98 Å². The smallest absolute Gasteiger partial charge is 0.274 e. The number of H-pyrrole nitrogens is 1. The average molecular weight is 397 g/mol. The van der Waals surface area contributed by atoms with Crippen LogP contribution in [0.5, 0.6) is 0 Å². The highest BCUT2D eigenvalue weighted by molar-refractivity contribution is 5.93. The number of hydrogen-bond acceptors (Lipinski definition) is 5. The van der Waals surface area contributed by atoms with Crippen molar-refractivity contribution in [2.24, 2.45) is 0 Å². The van der Waals surface area contributed by atoms with Crippen LogP contribution in [0, 0.1) is 6.92 Å². The first-order valence-corrected chi connectivity index (χ1v) is 10.7. The van der Waals surface area contributed by atoms with Crippen molar-refractivity contribution in [2.75, 3.05) is 44.7 Å². The Morgan fingerprint density at radius 1 is 1.14 bits per heavy atom. The Bertz CT molecular complexity index is 868. The maximum Gasteiger partial charge on any atom is 0.274 e. The molecule has 2 aromatic rings. The van der Waals surface area contributed by atoms with Gasteiger partial charge in [-0.05, 0) is 50.9 Å². The van der Waals surface area contributed by atoms with E-state index in [1.165, 1.54) is 5.69 Å². The Morgan fingerprint density at radius 2 is 1.90 bits per heavy atom. The van der Waals surface area contributed by atoms with Gasteiger partial charge in [-0.2, -0.15) is 5.10 Å². The van der Waals surface area contributed by atoms with Crippen LogP contribution in [0.1, 0.15) is 66.2 Å². The van der Waals surface area contributed by atoms with Gasteiger partial charge in [-0.1, -0.05) is 13.8 Å². The fourth-order valence-corrected chi connectivity index (χ4v) is 4.30. The molecule has 2 aliphatic rings. The second-order valence-corrected chi connectivity index (χ2v) is 8.70. The van der Waals surface area contributed by atoms with Crippen LogP contribution in [0.25, 0.3) is 0 Å². The third kappa shape index (κ3) is 4.15. The van der Waals surface area contributed by atoms with Gasteiger partial charge in [-0.3, -0.25) is 14.9 Å². The van der Waals surface area contributed by atoms with Crippen LogP contribution < -0.4 is 4.90 Å². The highest BCUT2D eigenvalue weighted by atomic mass is 16.2. The zero-order valence-electron chi connectivity index (χ0n) is 18.0. The lowest BCUT2D eigenvalue weighted by Crippen LogP contribution is -2.44. The molecule has 156 valence electrons. The number of likely N-dealkylation sites (tertiary alicyclic amines) is 1. The molecule has 1 atom stereocenters. The summed E-state index contributed by atoms with van der Waals surface area (Å²) in [6.45, 7) is 11.2. The molecule has 0 radical (unpaired) electrons. The first-order valence-electron chi connectivity index (χ1n) is 10.7. The third-order valence-electron chi connectivity index (χ3n) is 6.12. The number of aryl methyl sites for hydroxylation is 1. The molecule has 1 amide bonds. The van der Waals surface area contributed by atoms with Crippen LogP contribution in [-0.4, -0.2) is 70.7 Å². The molecule has 1 N–H and O–H groups in total. The molecule has 7 nitrogen and oxygen atoms in total. The van der Waals surface area contributed by atoms with E-state index in [1.807, 2.05) is 17.9 Å². The maximum atomic E-state index is 13.2. The first-order chi connectivity index (χ1) is 13.9. The van der Waals surface area contributed by atoms with Crippen LogP contribution in [0.4, 0.5) is 5.69 Å². The molecule has 2 saturated heterocycles. The van der Waals surface area contributed by atoms with Gasteiger partial charge in [0.25, 0.3) is 5.91 Å². The molecule has 0 saturated carbocycles. The number of carbonyl (C=O) groups excluding carboxylic acids is 1. The lowest BCUT2D eigenvalue weighted by atomic mass is 10.1. The summed E-state index contributed by atoms with van der Waals surface area (Å²) in [6, 6.07) is 6.27. The number of aromatic amines is 1. The van der Waals surface area contributed by atoms with Gasteiger partial charge in [0, 0.05) is 49.8 Å². The second kappa shape index (κ2) is 8.14. The zero-order chi connectivity index (χ0) is 20.5. The van der Waals surface area contributed by atoms with Gasteiger partial charge in [-0.25, -0.2) is 0 Å². The van der Waals surface area contributed by atoms with E-state index in [0.29, 0.717) is 11.6 Å². The highest BCUT2D eigenvalue weighted by Gasteiger charge is 2.33. The summed E-state index contributed by atoms with van der Waals surface area (Å²) in [5, 5.41) is 7.28. The summed E-state index contributed by atoms with van der Waals surface area (Å²) >= 11 is 0. The minimum absolute atomic E-state index is 0.0000958. The Labute approximate surface area is 173 Å². The molecule has 29 heavy (non-hydrogen) atoms. The van der Waals surface area contributed by atoms with Crippen molar-refractivity contribution in [3.63, 3.8) is 0 Å².